The lowest BCUT2D eigenvalue weighted by Gasteiger charge is -2.60. The number of Topliss-reactive ketones (excluding diaryl/α,β-unsaturated/α-hetero) is 1. The van der Waals surface area contributed by atoms with Crippen LogP contribution in [0.25, 0.3) is 0 Å². The van der Waals surface area contributed by atoms with E-state index in [1.807, 2.05) is 6.92 Å². The number of rotatable bonds is 4. The summed E-state index contributed by atoms with van der Waals surface area (Å²) in [6, 6.07) is 0. The average molecular weight is 495 g/mol. The first-order chi connectivity index (χ1) is 16.4. The Morgan fingerprint density at radius 2 is 1.86 bits per heavy atom. The number of fused-ring (bicyclic) bond motifs is 5. The van der Waals surface area contributed by atoms with Gasteiger partial charge < -0.3 is 24.1 Å². The molecular formula is C25H31FO9. The molecule has 0 bridgehead atoms. The second-order valence-corrected chi connectivity index (χ2v) is 10.4. The molecule has 0 aromatic heterocycles. The smallest absolute Gasteiger partial charge is 0.438 e. The minimum absolute atomic E-state index is 0.0751. The molecule has 3 fully saturated rings. The maximum Gasteiger partial charge on any atom is 0.509 e. The number of hydrogen-bond acceptors (Lipinski definition) is 9. The minimum atomic E-state index is -1.74. The summed E-state index contributed by atoms with van der Waals surface area (Å²) in [5.41, 5.74) is -3.31. The Bertz CT molecular complexity index is 1000. The van der Waals surface area contributed by atoms with E-state index in [0.717, 1.165) is 14.2 Å². The molecule has 3 saturated carbocycles. The molecule has 0 spiro atoms. The van der Waals surface area contributed by atoms with Gasteiger partial charge in [0.1, 0.15) is 6.17 Å². The average Bonchev–Trinajstić information content (AvgIpc) is 3.10. The van der Waals surface area contributed by atoms with E-state index >= 15 is 4.39 Å². The first kappa shape index (κ1) is 25.3. The molecule has 0 amide bonds. The largest absolute Gasteiger partial charge is 0.509 e. The molecule has 8 atom stereocenters. The SMILES string of the molecule is COC(=O)OCC(=O)[C@@]1(OC(=O)OC)CC[C@H]2[C@@H]3C[C@H](F)C4=CC(=O)C=C[C@]4(C)[C@H]3C(O)C[C@@]21C. The first-order valence-electron chi connectivity index (χ1n) is 11.7. The lowest BCUT2D eigenvalue weighted by Crippen LogP contribution is -2.64. The summed E-state index contributed by atoms with van der Waals surface area (Å²) in [6.07, 6.45) is 0.605. The number of aliphatic hydroxyl groups is 1. The maximum absolute atomic E-state index is 15.5. The lowest BCUT2D eigenvalue weighted by atomic mass is 9.46. The van der Waals surface area contributed by atoms with Crippen LogP contribution in [0.1, 0.15) is 39.5 Å². The topological polar surface area (TPSA) is 125 Å². The predicted octanol–water partition coefficient (Wildman–Crippen LogP) is 3.09. The van der Waals surface area contributed by atoms with Gasteiger partial charge in [-0.15, -0.1) is 0 Å². The Balaban J connectivity index is 1.74. The summed E-state index contributed by atoms with van der Waals surface area (Å²) in [5.74, 6) is -1.97. The molecule has 0 heterocycles. The van der Waals surface area contributed by atoms with Crippen molar-refractivity contribution in [3.8, 4) is 0 Å². The van der Waals surface area contributed by atoms with Crippen LogP contribution in [0.4, 0.5) is 14.0 Å². The van der Waals surface area contributed by atoms with Crippen LogP contribution in [-0.4, -0.2) is 67.7 Å². The van der Waals surface area contributed by atoms with Crippen LogP contribution >= 0.6 is 0 Å². The predicted molar refractivity (Wildman–Crippen MR) is 118 cm³/mol. The third kappa shape index (κ3) is 3.68. The number of alkyl halides is 1. The van der Waals surface area contributed by atoms with Crippen molar-refractivity contribution >= 4 is 23.9 Å². The Kier molecular flexibility index (Phi) is 6.32. The first-order valence-corrected chi connectivity index (χ1v) is 11.7. The molecule has 4 aliphatic rings. The van der Waals surface area contributed by atoms with Gasteiger partial charge in [0, 0.05) is 16.7 Å². The highest BCUT2D eigenvalue weighted by atomic mass is 19.1. The van der Waals surface area contributed by atoms with Crippen molar-refractivity contribution < 1.29 is 47.6 Å². The lowest BCUT2D eigenvalue weighted by molar-refractivity contribution is -0.185. The van der Waals surface area contributed by atoms with Crippen molar-refractivity contribution in [2.45, 2.75) is 57.4 Å². The third-order valence-electron chi connectivity index (χ3n) is 8.96. The molecule has 10 heteroatoms. The van der Waals surface area contributed by atoms with Gasteiger partial charge in [0.15, 0.2) is 18.0 Å². The van der Waals surface area contributed by atoms with E-state index in [0.29, 0.717) is 12.0 Å². The molecule has 9 nitrogen and oxygen atoms in total. The number of hydrogen-bond donors (Lipinski definition) is 1. The van der Waals surface area contributed by atoms with Gasteiger partial charge in [-0.25, -0.2) is 14.0 Å². The van der Waals surface area contributed by atoms with Gasteiger partial charge in [0.05, 0.1) is 20.3 Å². The Morgan fingerprint density at radius 3 is 2.51 bits per heavy atom. The monoisotopic (exact) mass is 494 g/mol. The molecule has 0 aromatic carbocycles. The van der Waals surface area contributed by atoms with Crippen molar-refractivity contribution in [2.75, 3.05) is 20.8 Å². The molecule has 1 N–H and O–H groups in total. The van der Waals surface area contributed by atoms with Crippen molar-refractivity contribution in [1.82, 2.24) is 0 Å². The van der Waals surface area contributed by atoms with Gasteiger partial charge in [0.2, 0.25) is 5.78 Å². The third-order valence-corrected chi connectivity index (χ3v) is 8.96. The van der Waals surface area contributed by atoms with Crippen molar-refractivity contribution in [3.63, 3.8) is 0 Å². The van der Waals surface area contributed by atoms with E-state index in [9.17, 15) is 24.3 Å². The zero-order valence-electron chi connectivity index (χ0n) is 20.2. The minimum Gasteiger partial charge on any atom is -0.438 e. The zero-order chi connectivity index (χ0) is 25.8. The summed E-state index contributed by atoms with van der Waals surface area (Å²) >= 11 is 0. The fourth-order valence-electron chi connectivity index (χ4n) is 7.49. The summed E-state index contributed by atoms with van der Waals surface area (Å²) in [7, 11) is 2.22. The fourth-order valence-corrected chi connectivity index (χ4v) is 7.49. The summed E-state index contributed by atoms with van der Waals surface area (Å²) < 4.78 is 35.1. The van der Waals surface area contributed by atoms with Gasteiger partial charge >= 0.3 is 12.3 Å². The quantitative estimate of drug-likeness (QED) is 0.587. The number of carbonyl (C=O) groups excluding carboxylic acids is 4. The molecule has 0 saturated heterocycles. The molecule has 35 heavy (non-hydrogen) atoms. The van der Waals surface area contributed by atoms with Crippen LogP contribution in [0.3, 0.4) is 0 Å². The van der Waals surface area contributed by atoms with Gasteiger partial charge in [-0.1, -0.05) is 19.9 Å². The number of carbonyl (C=O) groups is 4. The Labute approximate surface area is 202 Å². The molecule has 192 valence electrons. The van der Waals surface area contributed by atoms with Crippen LogP contribution in [-0.2, 0) is 28.5 Å². The van der Waals surface area contributed by atoms with Gasteiger partial charge in [-0.2, -0.15) is 0 Å². The van der Waals surface area contributed by atoms with Gasteiger partial charge in [-0.3, -0.25) is 9.59 Å². The number of aliphatic hydroxyl groups excluding tert-OH is 1. The Morgan fingerprint density at radius 1 is 1.17 bits per heavy atom. The highest BCUT2D eigenvalue weighted by Gasteiger charge is 2.71. The van der Waals surface area contributed by atoms with Crippen molar-refractivity contribution in [1.29, 1.82) is 0 Å². The summed E-state index contributed by atoms with van der Waals surface area (Å²) in [4.78, 5) is 49.2. The van der Waals surface area contributed by atoms with Crippen LogP contribution in [0.15, 0.2) is 23.8 Å². The molecule has 4 rings (SSSR count). The van der Waals surface area contributed by atoms with E-state index in [1.54, 1.807) is 13.0 Å². The number of ether oxygens (including phenoxy) is 4. The van der Waals surface area contributed by atoms with E-state index < -0.39 is 59.3 Å². The maximum atomic E-state index is 15.5. The van der Waals surface area contributed by atoms with Crippen LogP contribution < -0.4 is 0 Å². The highest BCUT2D eigenvalue weighted by Crippen LogP contribution is 2.68. The second kappa shape index (κ2) is 8.72. The summed E-state index contributed by atoms with van der Waals surface area (Å²) in [5, 5.41) is 11.5. The van der Waals surface area contributed by atoms with Crippen LogP contribution in [0.5, 0.6) is 0 Å². The molecular weight excluding hydrogens is 463 g/mol. The number of ketones is 2. The van der Waals surface area contributed by atoms with Crippen molar-refractivity contribution in [3.05, 3.63) is 23.8 Å². The van der Waals surface area contributed by atoms with E-state index in [-0.39, 0.29) is 36.9 Å². The molecule has 0 aromatic rings. The second-order valence-electron chi connectivity index (χ2n) is 10.4. The molecule has 0 aliphatic heterocycles. The Hall–Kier alpha value is -2.75. The zero-order valence-corrected chi connectivity index (χ0v) is 20.2. The molecule has 1 unspecified atom stereocenters. The fraction of sp³-hybridized carbons (Fsp3) is 0.680. The van der Waals surface area contributed by atoms with Crippen LogP contribution in [0, 0.1) is 28.6 Å². The van der Waals surface area contributed by atoms with E-state index in [1.165, 1.54) is 12.2 Å². The highest BCUT2D eigenvalue weighted by molar-refractivity contribution is 6.01. The van der Waals surface area contributed by atoms with E-state index in [4.69, 9.17) is 9.47 Å². The normalized spacial score (nSPS) is 41.6. The van der Waals surface area contributed by atoms with Gasteiger partial charge in [-0.05, 0) is 55.2 Å². The number of halogens is 1. The van der Waals surface area contributed by atoms with Crippen LogP contribution in [0.2, 0.25) is 0 Å². The summed E-state index contributed by atoms with van der Waals surface area (Å²) in [6.45, 7) is 2.89. The standard InChI is InChI=1S/C25H31FO9/c1-23-7-5-13(27)9-16(23)17(26)10-14-15-6-8-25(35-22(31)33-4,19(29)12-34-21(30)32-3)24(15,2)11-18(28)20(14)23/h5,7,9,14-15,17-18,20,28H,6,8,10-12H2,1-4H3/t14-,15-,17-,18?,20+,23-,24-,25-/m0/s1. The van der Waals surface area contributed by atoms with Crippen molar-refractivity contribution in [2.24, 2.45) is 28.6 Å². The molecule has 0 radical (unpaired) electrons. The number of methoxy groups -OCH3 is 2. The van der Waals surface area contributed by atoms with E-state index in [2.05, 4.69) is 9.47 Å². The molecule has 4 aliphatic carbocycles. The van der Waals surface area contributed by atoms with Gasteiger partial charge in [0.25, 0.3) is 0 Å². The number of allylic oxidation sites excluding steroid dienone is 4.